The molecule has 2 nitrogen and oxygen atoms in total. The zero-order valence-electron chi connectivity index (χ0n) is 13.7. The number of fused-ring (bicyclic) bond motifs is 4. The molecule has 1 N–H and O–H groups in total. The molecule has 2 aliphatic rings. The maximum absolute atomic E-state index is 9.92. The Morgan fingerprint density at radius 2 is 2.14 bits per heavy atom. The number of phenolic OH excluding ortho intramolecular Hbond substituents is 1. The minimum Gasteiger partial charge on any atom is -0.508 e. The average Bonchev–Trinajstić information content (AvgIpc) is 2.47. The summed E-state index contributed by atoms with van der Waals surface area (Å²) in [6.45, 7) is 9.52. The van der Waals surface area contributed by atoms with Gasteiger partial charge in [-0.3, -0.25) is 4.90 Å². The van der Waals surface area contributed by atoms with Crippen molar-refractivity contribution >= 4 is 0 Å². The third-order valence-electron chi connectivity index (χ3n) is 6.05. The van der Waals surface area contributed by atoms with E-state index in [0.29, 0.717) is 11.8 Å². The second kappa shape index (κ2) is 5.64. The van der Waals surface area contributed by atoms with Crippen molar-refractivity contribution < 1.29 is 5.11 Å². The van der Waals surface area contributed by atoms with E-state index < -0.39 is 0 Å². The first kappa shape index (κ1) is 14.9. The Kier molecular flexibility index (Phi) is 4.00. The Hall–Kier alpha value is -1.02. The van der Waals surface area contributed by atoms with E-state index in [1.165, 1.54) is 49.9 Å². The summed E-state index contributed by atoms with van der Waals surface area (Å²) in [7, 11) is 0. The van der Waals surface area contributed by atoms with E-state index >= 15 is 0 Å². The van der Waals surface area contributed by atoms with Gasteiger partial charge in [-0.15, -0.1) is 0 Å². The summed E-state index contributed by atoms with van der Waals surface area (Å²) in [6, 6.07) is 6.75. The standard InChI is InChI=1S/C19H29NO/c1-4-6-10-20-11-9-19(3)16(5-2)18(20)12-14-7-8-15(21)13-17(14)19/h7-8,13,16,18,21H,4-6,9-12H2,1-3H3/t16-,18+,19-/m0/s1. The normalized spacial score (nSPS) is 32.0. The quantitative estimate of drug-likeness (QED) is 0.901. The predicted octanol–water partition coefficient (Wildman–Crippen LogP) is 4.11. The van der Waals surface area contributed by atoms with Crippen LogP contribution in [0.3, 0.4) is 0 Å². The lowest BCUT2D eigenvalue weighted by Crippen LogP contribution is -2.58. The molecule has 0 amide bonds. The topological polar surface area (TPSA) is 23.5 Å². The molecule has 0 saturated carbocycles. The minimum absolute atomic E-state index is 0.244. The molecule has 0 spiro atoms. The highest BCUT2D eigenvalue weighted by Gasteiger charge is 2.49. The van der Waals surface area contributed by atoms with Crippen molar-refractivity contribution in [2.75, 3.05) is 13.1 Å². The summed E-state index contributed by atoms with van der Waals surface area (Å²) < 4.78 is 0. The number of phenols is 1. The Morgan fingerprint density at radius 1 is 1.33 bits per heavy atom. The molecule has 1 saturated heterocycles. The van der Waals surface area contributed by atoms with Gasteiger partial charge in [0.05, 0.1) is 0 Å². The molecule has 3 rings (SSSR count). The molecule has 2 bridgehead atoms. The fourth-order valence-electron chi connectivity index (χ4n) is 4.87. The largest absolute Gasteiger partial charge is 0.508 e. The van der Waals surface area contributed by atoms with Crippen molar-refractivity contribution in [2.24, 2.45) is 5.92 Å². The van der Waals surface area contributed by atoms with Gasteiger partial charge < -0.3 is 5.11 Å². The molecular formula is C19H29NO. The first-order chi connectivity index (χ1) is 10.1. The van der Waals surface area contributed by atoms with Crippen LogP contribution in [0, 0.1) is 5.92 Å². The lowest BCUT2D eigenvalue weighted by atomic mass is 9.57. The molecule has 1 aliphatic heterocycles. The molecule has 116 valence electrons. The van der Waals surface area contributed by atoms with Crippen molar-refractivity contribution in [1.29, 1.82) is 0 Å². The summed E-state index contributed by atoms with van der Waals surface area (Å²) in [5, 5.41) is 9.92. The molecule has 0 radical (unpaired) electrons. The zero-order chi connectivity index (χ0) is 15.0. The van der Waals surface area contributed by atoms with Gasteiger partial charge in [-0.25, -0.2) is 0 Å². The Morgan fingerprint density at radius 3 is 2.86 bits per heavy atom. The van der Waals surface area contributed by atoms with Crippen LogP contribution >= 0.6 is 0 Å². The monoisotopic (exact) mass is 287 g/mol. The summed E-state index contributed by atoms with van der Waals surface area (Å²) in [5.41, 5.74) is 3.13. The van der Waals surface area contributed by atoms with Crippen LogP contribution in [0.25, 0.3) is 0 Å². The van der Waals surface area contributed by atoms with Crippen LogP contribution in [0.4, 0.5) is 0 Å². The van der Waals surface area contributed by atoms with Gasteiger partial charge in [0.2, 0.25) is 0 Å². The van der Waals surface area contributed by atoms with Crippen LogP contribution in [0.15, 0.2) is 18.2 Å². The van der Waals surface area contributed by atoms with E-state index in [9.17, 15) is 5.11 Å². The van der Waals surface area contributed by atoms with Gasteiger partial charge in [-0.05, 0) is 66.9 Å². The molecule has 1 fully saturated rings. The maximum atomic E-state index is 9.92. The van der Waals surface area contributed by atoms with Gasteiger partial charge in [0, 0.05) is 6.04 Å². The average molecular weight is 287 g/mol. The Bertz CT molecular complexity index is 512. The van der Waals surface area contributed by atoms with E-state index in [1.54, 1.807) is 0 Å². The Balaban J connectivity index is 1.98. The molecule has 2 heteroatoms. The predicted molar refractivity (Wildman–Crippen MR) is 87.8 cm³/mol. The molecule has 21 heavy (non-hydrogen) atoms. The van der Waals surface area contributed by atoms with Crippen LogP contribution in [-0.4, -0.2) is 29.1 Å². The number of nitrogens with zero attached hydrogens (tertiary/aromatic N) is 1. The van der Waals surface area contributed by atoms with E-state index in [1.807, 2.05) is 12.1 Å². The number of benzene rings is 1. The molecule has 0 aromatic heterocycles. The zero-order valence-corrected chi connectivity index (χ0v) is 13.7. The molecule has 1 aromatic carbocycles. The van der Waals surface area contributed by atoms with E-state index in [-0.39, 0.29) is 5.41 Å². The van der Waals surface area contributed by atoms with Crippen LogP contribution in [0.5, 0.6) is 5.75 Å². The highest BCUT2D eigenvalue weighted by molar-refractivity contribution is 5.44. The van der Waals surface area contributed by atoms with Crippen LogP contribution in [-0.2, 0) is 11.8 Å². The fraction of sp³-hybridized carbons (Fsp3) is 0.684. The van der Waals surface area contributed by atoms with Gasteiger partial charge in [-0.2, -0.15) is 0 Å². The van der Waals surface area contributed by atoms with Gasteiger partial charge in [0.15, 0.2) is 0 Å². The lowest BCUT2D eigenvalue weighted by molar-refractivity contribution is 0.0190. The molecule has 1 aliphatic carbocycles. The van der Waals surface area contributed by atoms with Crippen molar-refractivity contribution in [1.82, 2.24) is 4.90 Å². The van der Waals surface area contributed by atoms with Gasteiger partial charge in [0.25, 0.3) is 0 Å². The smallest absolute Gasteiger partial charge is 0.115 e. The lowest BCUT2D eigenvalue weighted by Gasteiger charge is -2.55. The summed E-state index contributed by atoms with van der Waals surface area (Å²) in [4.78, 5) is 2.75. The number of aromatic hydroxyl groups is 1. The second-order valence-electron chi connectivity index (χ2n) is 7.18. The van der Waals surface area contributed by atoms with Crippen LogP contribution < -0.4 is 0 Å². The highest BCUT2D eigenvalue weighted by Crippen LogP contribution is 2.50. The van der Waals surface area contributed by atoms with Crippen molar-refractivity contribution in [2.45, 2.75) is 64.3 Å². The van der Waals surface area contributed by atoms with Crippen LogP contribution in [0.2, 0.25) is 0 Å². The van der Waals surface area contributed by atoms with E-state index in [0.717, 1.165) is 12.3 Å². The van der Waals surface area contributed by atoms with Crippen molar-refractivity contribution in [3.8, 4) is 5.75 Å². The van der Waals surface area contributed by atoms with Gasteiger partial charge in [0.1, 0.15) is 5.75 Å². The van der Waals surface area contributed by atoms with Crippen molar-refractivity contribution in [3.63, 3.8) is 0 Å². The number of piperidine rings is 1. The summed E-state index contributed by atoms with van der Waals surface area (Å²) in [5.74, 6) is 1.15. The maximum Gasteiger partial charge on any atom is 0.115 e. The number of unbranched alkanes of at least 4 members (excludes halogenated alkanes) is 1. The fourth-order valence-corrected chi connectivity index (χ4v) is 4.87. The number of hydrogen-bond donors (Lipinski definition) is 1. The van der Waals surface area contributed by atoms with Gasteiger partial charge >= 0.3 is 0 Å². The SMILES string of the molecule is CCCCN1CC[C@]2(C)c3cc(O)ccc3C[C@@H]1[C@@H]2CC. The molecular weight excluding hydrogens is 258 g/mol. The summed E-state index contributed by atoms with van der Waals surface area (Å²) >= 11 is 0. The number of hydrogen-bond acceptors (Lipinski definition) is 2. The Labute approximate surface area is 129 Å². The van der Waals surface area contributed by atoms with Crippen molar-refractivity contribution in [3.05, 3.63) is 29.3 Å². The van der Waals surface area contributed by atoms with E-state index in [2.05, 4.69) is 31.7 Å². The molecule has 1 heterocycles. The first-order valence-corrected chi connectivity index (χ1v) is 8.66. The van der Waals surface area contributed by atoms with Crippen LogP contribution in [0.1, 0.15) is 57.6 Å². The second-order valence-corrected chi connectivity index (χ2v) is 7.18. The molecule has 0 unspecified atom stereocenters. The summed E-state index contributed by atoms with van der Waals surface area (Å²) in [6.07, 6.45) is 6.21. The third kappa shape index (κ3) is 2.38. The highest BCUT2D eigenvalue weighted by atomic mass is 16.3. The minimum atomic E-state index is 0.244. The van der Waals surface area contributed by atoms with Gasteiger partial charge in [-0.1, -0.05) is 39.7 Å². The van der Waals surface area contributed by atoms with E-state index in [4.69, 9.17) is 0 Å². The third-order valence-corrected chi connectivity index (χ3v) is 6.05. The number of rotatable bonds is 4. The molecule has 3 atom stereocenters. The first-order valence-electron chi connectivity index (χ1n) is 8.66. The molecule has 1 aromatic rings. The number of likely N-dealkylation sites (tertiary alicyclic amines) is 1.